The molecule has 2 N–H and O–H groups in total. The minimum absolute atomic E-state index is 0.0660. The summed E-state index contributed by atoms with van der Waals surface area (Å²) in [5, 5.41) is 4.91. The van der Waals surface area contributed by atoms with Crippen LogP contribution in [0.25, 0.3) is 0 Å². The molecule has 1 aliphatic rings. The Bertz CT molecular complexity index is 325. The number of rotatable bonds is 4. The van der Waals surface area contributed by atoms with E-state index in [4.69, 9.17) is 0 Å². The Balaban J connectivity index is 2.51. The van der Waals surface area contributed by atoms with Gasteiger partial charge in [0.25, 0.3) is 5.91 Å². The summed E-state index contributed by atoms with van der Waals surface area (Å²) in [6, 6.07) is -0.402. The zero-order chi connectivity index (χ0) is 12.3. The number of nitrogens with one attached hydrogen (secondary N) is 2. The second kappa shape index (κ2) is 4.51. The molecule has 1 heterocycles. The van der Waals surface area contributed by atoms with E-state index in [1.165, 1.54) is 4.90 Å². The Morgan fingerprint density at radius 2 is 2.06 bits per heavy atom. The molecule has 1 aliphatic heterocycles. The summed E-state index contributed by atoms with van der Waals surface area (Å²) < 4.78 is 0. The van der Waals surface area contributed by atoms with Crippen LogP contribution in [0.1, 0.15) is 27.2 Å². The molecule has 0 saturated carbocycles. The molecule has 0 spiro atoms. The van der Waals surface area contributed by atoms with Gasteiger partial charge in [-0.3, -0.25) is 14.9 Å². The molecule has 0 unspecified atom stereocenters. The molecular formula is C10H17N3O3. The van der Waals surface area contributed by atoms with Crippen LogP contribution in [0, 0.1) is 0 Å². The third kappa shape index (κ3) is 2.32. The van der Waals surface area contributed by atoms with E-state index in [2.05, 4.69) is 10.6 Å². The van der Waals surface area contributed by atoms with Crippen molar-refractivity contribution in [3.63, 3.8) is 0 Å². The lowest BCUT2D eigenvalue weighted by Gasteiger charge is -2.27. The maximum absolute atomic E-state index is 11.4. The monoisotopic (exact) mass is 227 g/mol. The number of nitrogens with zero attached hydrogens (tertiary/aromatic N) is 1. The molecule has 6 nitrogen and oxygen atoms in total. The van der Waals surface area contributed by atoms with Crippen molar-refractivity contribution in [1.82, 2.24) is 15.5 Å². The van der Waals surface area contributed by atoms with Crippen LogP contribution >= 0.6 is 0 Å². The quantitative estimate of drug-likeness (QED) is 0.655. The molecule has 0 aromatic heterocycles. The minimum atomic E-state index is -0.839. The van der Waals surface area contributed by atoms with Crippen LogP contribution in [0.2, 0.25) is 0 Å². The van der Waals surface area contributed by atoms with Gasteiger partial charge in [-0.25, -0.2) is 4.79 Å². The van der Waals surface area contributed by atoms with Crippen molar-refractivity contribution < 1.29 is 14.4 Å². The van der Waals surface area contributed by atoms with Crippen LogP contribution in [-0.4, -0.2) is 41.4 Å². The molecular weight excluding hydrogens is 210 g/mol. The fourth-order valence-corrected chi connectivity index (χ4v) is 1.51. The molecule has 0 radical (unpaired) electrons. The Morgan fingerprint density at radius 3 is 2.50 bits per heavy atom. The Kier molecular flexibility index (Phi) is 3.51. The van der Waals surface area contributed by atoms with E-state index in [0.717, 1.165) is 0 Å². The van der Waals surface area contributed by atoms with Crippen molar-refractivity contribution in [2.45, 2.75) is 32.7 Å². The fourth-order valence-electron chi connectivity index (χ4n) is 1.51. The fraction of sp³-hybridized carbons (Fsp3) is 0.700. The topological polar surface area (TPSA) is 78.5 Å². The van der Waals surface area contributed by atoms with Gasteiger partial charge in [-0.05, 0) is 13.8 Å². The van der Waals surface area contributed by atoms with Gasteiger partial charge in [-0.15, -0.1) is 0 Å². The lowest BCUT2D eigenvalue weighted by Crippen LogP contribution is -2.47. The highest BCUT2D eigenvalue weighted by molar-refractivity contribution is 6.06. The highest BCUT2D eigenvalue weighted by atomic mass is 16.2. The minimum Gasteiger partial charge on any atom is -0.354 e. The summed E-state index contributed by atoms with van der Waals surface area (Å²) in [5.41, 5.74) is -0.839. The summed E-state index contributed by atoms with van der Waals surface area (Å²) in [6.07, 6.45) is 0.411. The van der Waals surface area contributed by atoms with Crippen LogP contribution < -0.4 is 10.6 Å². The molecule has 1 saturated heterocycles. The van der Waals surface area contributed by atoms with E-state index >= 15 is 0 Å². The van der Waals surface area contributed by atoms with E-state index in [1.807, 2.05) is 0 Å². The normalized spacial score (nSPS) is 18.6. The summed E-state index contributed by atoms with van der Waals surface area (Å²) in [5.74, 6) is -0.372. The van der Waals surface area contributed by atoms with Gasteiger partial charge in [0.1, 0.15) is 5.54 Å². The lowest BCUT2D eigenvalue weighted by atomic mass is 10.0. The SMILES string of the molecule is CCC(=O)NCCN1C(=O)NC(=O)C1(C)C. The number of carbonyl (C=O) groups is 3. The van der Waals surface area contributed by atoms with Crippen molar-refractivity contribution in [3.8, 4) is 0 Å². The van der Waals surface area contributed by atoms with Gasteiger partial charge in [0.05, 0.1) is 0 Å². The molecule has 0 bridgehead atoms. The van der Waals surface area contributed by atoms with Crippen molar-refractivity contribution in [3.05, 3.63) is 0 Å². The third-order valence-electron chi connectivity index (χ3n) is 2.67. The molecule has 4 amide bonds. The van der Waals surface area contributed by atoms with Crippen LogP contribution in [0.5, 0.6) is 0 Å². The summed E-state index contributed by atoms with van der Waals surface area (Å²) >= 11 is 0. The number of amides is 4. The van der Waals surface area contributed by atoms with Crippen molar-refractivity contribution in [1.29, 1.82) is 0 Å². The Morgan fingerprint density at radius 1 is 1.44 bits per heavy atom. The predicted octanol–water partition coefficient (Wildman–Crippen LogP) is -0.157. The van der Waals surface area contributed by atoms with Crippen molar-refractivity contribution in [2.24, 2.45) is 0 Å². The average molecular weight is 227 g/mol. The zero-order valence-electron chi connectivity index (χ0n) is 9.79. The van der Waals surface area contributed by atoms with Crippen LogP contribution in [0.15, 0.2) is 0 Å². The van der Waals surface area contributed by atoms with Gasteiger partial charge in [0, 0.05) is 19.5 Å². The van der Waals surface area contributed by atoms with E-state index in [9.17, 15) is 14.4 Å². The molecule has 0 aromatic carbocycles. The maximum atomic E-state index is 11.4. The molecule has 0 aliphatic carbocycles. The smallest absolute Gasteiger partial charge is 0.325 e. The van der Waals surface area contributed by atoms with Crippen molar-refractivity contribution >= 4 is 17.8 Å². The molecule has 90 valence electrons. The molecule has 1 rings (SSSR count). The standard InChI is InChI=1S/C10H17N3O3/c1-4-7(14)11-5-6-13-9(16)12-8(15)10(13,2)3/h4-6H2,1-3H3,(H,11,14)(H,12,15,16). The highest BCUT2D eigenvalue weighted by Crippen LogP contribution is 2.19. The summed E-state index contributed by atoms with van der Waals surface area (Å²) in [4.78, 5) is 35.3. The third-order valence-corrected chi connectivity index (χ3v) is 2.67. The van der Waals surface area contributed by atoms with Gasteiger partial charge in [0.15, 0.2) is 0 Å². The number of carbonyl (C=O) groups excluding carboxylic acids is 3. The molecule has 16 heavy (non-hydrogen) atoms. The van der Waals surface area contributed by atoms with Crippen LogP contribution in [-0.2, 0) is 9.59 Å². The molecule has 6 heteroatoms. The summed E-state index contributed by atoms with van der Waals surface area (Å²) in [6.45, 7) is 5.79. The number of hydrogen-bond acceptors (Lipinski definition) is 3. The van der Waals surface area contributed by atoms with E-state index in [-0.39, 0.29) is 11.8 Å². The Labute approximate surface area is 94.4 Å². The van der Waals surface area contributed by atoms with Gasteiger partial charge in [0.2, 0.25) is 5.91 Å². The second-order valence-corrected chi connectivity index (χ2v) is 4.17. The van der Waals surface area contributed by atoms with Gasteiger partial charge >= 0.3 is 6.03 Å². The largest absolute Gasteiger partial charge is 0.354 e. The number of imide groups is 1. The number of hydrogen-bond donors (Lipinski definition) is 2. The lowest BCUT2D eigenvalue weighted by molar-refractivity contribution is -0.125. The first-order valence-corrected chi connectivity index (χ1v) is 5.29. The first-order valence-electron chi connectivity index (χ1n) is 5.29. The first-order chi connectivity index (χ1) is 7.39. The van der Waals surface area contributed by atoms with Crippen LogP contribution in [0.4, 0.5) is 4.79 Å². The maximum Gasteiger partial charge on any atom is 0.325 e. The zero-order valence-corrected chi connectivity index (χ0v) is 9.79. The Hall–Kier alpha value is -1.59. The van der Waals surface area contributed by atoms with E-state index in [0.29, 0.717) is 19.5 Å². The average Bonchev–Trinajstić information content (AvgIpc) is 2.40. The van der Waals surface area contributed by atoms with Gasteiger partial charge in [-0.1, -0.05) is 6.92 Å². The second-order valence-electron chi connectivity index (χ2n) is 4.17. The van der Waals surface area contributed by atoms with E-state index in [1.54, 1.807) is 20.8 Å². The molecule has 0 aromatic rings. The predicted molar refractivity (Wildman–Crippen MR) is 57.6 cm³/mol. The molecule has 1 fully saturated rings. The van der Waals surface area contributed by atoms with E-state index < -0.39 is 11.6 Å². The highest BCUT2D eigenvalue weighted by Gasteiger charge is 2.44. The molecule has 0 atom stereocenters. The van der Waals surface area contributed by atoms with Crippen molar-refractivity contribution in [2.75, 3.05) is 13.1 Å². The number of urea groups is 1. The first kappa shape index (κ1) is 12.5. The van der Waals surface area contributed by atoms with Gasteiger partial charge < -0.3 is 10.2 Å². The van der Waals surface area contributed by atoms with Crippen LogP contribution in [0.3, 0.4) is 0 Å². The van der Waals surface area contributed by atoms with Gasteiger partial charge in [-0.2, -0.15) is 0 Å². The summed E-state index contributed by atoms with van der Waals surface area (Å²) in [7, 11) is 0.